The van der Waals surface area contributed by atoms with Crippen LogP contribution in [0.4, 0.5) is 13.2 Å². The van der Waals surface area contributed by atoms with Crippen LogP contribution in [0.2, 0.25) is 0 Å². The molecule has 0 spiro atoms. The van der Waals surface area contributed by atoms with Crippen molar-refractivity contribution in [3.8, 4) is 10.6 Å². The Labute approximate surface area is 181 Å². The van der Waals surface area contributed by atoms with Crippen molar-refractivity contribution in [1.82, 2.24) is 4.98 Å². The van der Waals surface area contributed by atoms with Gasteiger partial charge in [-0.2, -0.15) is 13.2 Å². The molecule has 0 saturated heterocycles. The molecule has 11 heteroatoms. The molecule has 3 rings (SSSR count). The van der Waals surface area contributed by atoms with Gasteiger partial charge in [0.15, 0.2) is 18.0 Å². The molecule has 1 aliphatic heterocycles. The van der Waals surface area contributed by atoms with Crippen LogP contribution in [0.5, 0.6) is 0 Å². The van der Waals surface area contributed by atoms with E-state index in [-0.39, 0.29) is 11.3 Å². The Morgan fingerprint density at radius 2 is 1.90 bits per heavy atom. The van der Waals surface area contributed by atoms with Crippen molar-refractivity contribution in [3.05, 3.63) is 46.7 Å². The second kappa shape index (κ2) is 8.07. The van der Waals surface area contributed by atoms with Crippen molar-refractivity contribution in [2.45, 2.75) is 32.5 Å². The van der Waals surface area contributed by atoms with Crippen molar-refractivity contribution in [1.29, 1.82) is 0 Å². The van der Waals surface area contributed by atoms with E-state index in [1.54, 1.807) is 20.8 Å². The zero-order valence-corrected chi connectivity index (χ0v) is 19.1. The first-order valence-corrected chi connectivity index (χ1v) is 12.7. The minimum Gasteiger partial charge on any atom is -0.448 e. The van der Waals surface area contributed by atoms with E-state index in [0.29, 0.717) is 10.7 Å². The fraction of sp³-hybridized carbons (Fsp3) is 0.368. The third kappa shape index (κ3) is 5.11. The molecule has 0 bridgehead atoms. The number of benzene rings is 1. The summed E-state index contributed by atoms with van der Waals surface area (Å²) in [5.74, 6) is -0.637. The van der Waals surface area contributed by atoms with Crippen molar-refractivity contribution in [2.75, 3.05) is 13.3 Å². The summed E-state index contributed by atoms with van der Waals surface area (Å²) in [4.78, 5) is 18.0. The summed E-state index contributed by atoms with van der Waals surface area (Å²) in [5, 5.41) is 0.691. The number of rotatable bonds is 6. The number of nitrogens with zero attached hydrogens (tertiary/aromatic N) is 1. The van der Waals surface area contributed by atoms with Gasteiger partial charge in [0, 0.05) is 17.1 Å². The fourth-order valence-electron chi connectivity index (χ4n) is 2.80. The van der Waals surface area contributed by atoms with Gasteiger partial charge in [-0.1, -0.05) is 30.3 Å². The van der Waals surface area contributed by atoms with Gasteiger partial charge in [-0.3, -0.25) is 0 Å². The number of aryl methyl sites for hydroxylation is 1. The Bertz CT molecular complexity index is 1050. The molecule has 30 heavy (non-hydrogen) atoms. The monoisotopic (exact) mass is 477 g/mol. The number of hydrogen-bond donors (Lipinski definition) is 0. The topological polar surface area (TPSA) is 57.6 Å². The first-order chi connectivity index (χ1) is 13.8. The molecular weight excluding hydrogens is 458 g/mol. The van der Waals surface area contributed by atoms with Gasteiger partial charge >= 0.3 is 12.1 Å². The largest absolute Gasteiger partial charge is 0.448 e. The highest BCUT2D eigenvalue weighted by Gasteiger charge is 2.46. The second-order valence-electron chi connectivity index (χ2n) is 7.15. The Balaban J connectivity index is 2.03. The lowest BCUT2D eigenvalue weighted by molar-refractivity contribution is -0.153. The Kier molecular flexibility index (Phi) is 6.17. The molecule has 2 aromatic rings. The summed E-state index contributed by atoms with van der Waals surface area (Å²) >= 11 is 6.54. The lowest BCUT2D eigenvalue weighted by Crippen LogP contribution is -2.24. The van der Waals surface area contributed by atoms with Crippen LogP contribution < -0.4 is 0 Å². The zero-order valence-electron chi connectivity index (χ0n) is 16.6. The molecule has 0 amide bonds. The summed E-state index contributed by atoms with van der Waals surface area (Å²) in [6.07, 6.45) is -4.55. The van der Waals surface area contributed by atoms with E-state index in [9.17, 15) is 18.0 Å². The van der Waals surface area contributed by atoms with E-state index in [0.717, 1.165) is 10.4 Å². The highest BCUT2D eigenvalue weighted by atomic mass is 32.5. The van der Waals surface area contributed by atoms with Crippen LogP contribution in [0.15, 0.2) is 36.1 Å². The van der Waals surface area contributed by atoms with Crippen LogP contribution in [0, 0.1) is 6.92 Å². The third-order valence-electron chi connectivity index (χ3n) is 4.10. The van der Waals surface area contributed by atoms with E-state index in [1.165, 1.54) is 18.0 Å². The molecule has 0 aliphatic carbocycles. The highest BCUT2D eigenvalue weighted by Crippen LogP contribution is 2.53. The number of thiazole rings is 1. The summed E-state index contributed by atoms with van der Waals surface area (Å²) in [6.45, 7) is 1.32. The third-order valence-corrected chi connectivity index (χ3v) is 6.77. The number of alkyl halides is 3. The van der Waals surface area contributed by atoms with Crippen LogP contribution in [-0.2, 0) is 30.4 Å². The maximum Gasteiger partial charge on any atom is 0.412 e. The summed E-state index contributed by atoms with van der Waals surface area (Å²) in [6, 6.07) is 9.41. The second-order valence-corrected chi connectivity index (χ2v) is 12.3. The van der Waals surface area contributed by atoms with Gasteiger partial charge in [0.25, 0.3) is 0 Å². The molecule has 1 aromatic carbocycles. The molecule has 162 valence electrons. The summed E-state index contributed by atoms with van der Waals surface area (Å²) < 4.78 is 53.7. The lowest BCUT2D eigenvalue weighted by atomic mass is 10.0. The number of carbonyl (C=O) groups excluding carboxylic acids is 1. The van der Waals surface area contributed by atoms with E-state index in [1.807, 2.05) is 30.3 Å². The van der Waals surface area contributed by atoms with Gasteiger partial charge in [0.1, 0.15) is 10.6 Å². The van der Waals surface area contributed by atoms with Crippen molar-refractivity contribution in [3.63, 3.8) is 0 Å². The minimum absolute atomic E-state index is 0.0357. The van der Waals surface area contributed by atoms with Crippen LogP contribution in [0.3, 0.4) is 0 Å². The van der Waals surface area contributed by atoms with Crippen LogP contribution in [-0.4, -0.2) is 36.0 Å². The van der Waals surface area contributed by atoms with Crippen molar-refractivity contribution < 1.29 is 31.8 Å². The van der Waals surface area contributed by atoms with Crippen molar-refractivity contribution >= 4 is 41.2 Å². The number of ether oxygens (including phenoxy) is 1. The molecule has 1 atom stereocenters. The molecule has 1 aromatic heterocycles. The standard InChI is InChI=1S/C19H19F3NO4PS2/c1-11-14(23-16(30-11)12-8-6-5-7-9-12)13-15(18(2,3)26-17(13)24)27-28(4,29)25-10-19(20,21)22/h5-9H,10H2,1-4H3. The maximum absolute atomic E-state index is 12.7. The van der Waals surface area contributed by atoms with Gasteiger partial charge in [-0.05, 0) is 32.6 Å². The number of aromatic nitrogens is 1. The number of esters is 1. The Morgan fingerprint density at radius 3 is 2.50 bits per heavy atom. The zero-order chi connectivity index (χ0) is 22.3. The maximum atomic E-state index is 12.7. The van der Waals surface area contributed by atoms with Gasteiger partial charge in [0.05, 0.1) is 5.69 Å². The molecule has 0 saturated carbocycles. The molecule has 2 heterocycles. The average Bonchev–Trinajstić information content (AvgIpc) is 3.10. The highest BCUT2D eigenvalue weighted by molar-refractivity contribution is 8.09. The van der Waals surface area contributed by atoms with Crippen LogP contribution in [0.25, 0.3) is 16.1 Å². The average molecular weight is 477 g/mol. The molecule has 0 radical (unpaired) electrons. The number of carbonyl (C=O) groups is 1. The molecule has 0 N–H and O–H groups in total. The predicted octanol–water partition coefficient (Wildman–Crippen LogP) is 5.70. The molecule has 5 nitrogen and oxygen atoms in total. The normalized spacial score (nSPS) is 18.3. The molecule has 1 unspecified atom stereocenters. The van der Waals surface area contributed by atoms with Crippen LogP contribution in [0.1, 0.15) is 24.4 Å². The minimum atomic E-state index is -4.55. The number of hydrogen-bond acceptors (Lipinski definition) is 7. The summed E-state index contributed by atoms with van der Waals surface area (Å²) in [5.41, 5.74) is 0.0642. The first-order valence-electron chi connectivity index (χ1n) is 8.79. The van der Waals surface area contributed by atoms with Gasteiger partial charge in [-0.25, -0.2) is 9.78 Å². The van der Waals surface area contributed by atoms with E-state index >= 15 is 0 Å². The van der Waals surface area contributed by atoms with Gasteiger partial charge < -0.3 is 13.8 Å². The molecule has 0 fully saturated rings. The van der Waals surface area contributed by atoms with E-state index < -0.39 is 30.8 Å². The van der Waals surface area contributed by atoms with Gasteiger partial charge in [0.2, 0.25) is 6.49 Å². The van der Waals surface area contributed by atoms with Crippen molar-refractivity contribution in [2.24, 2.45) is 0 Å². The molecule has 1 aliphatic rings. The quantitative estimate of drug-likeness (QED) is 0.393. The summed E-state index contributed by atoms with van der Waals surface area (Å²) in [7, 11) is 0. The SMILES string of the molecule is Cc1sc(-c2ccccc2)nc1C1=C(OP(C)(=S)OCC(F)(F)F)C(C)(C)OC1=O. The first kappa shape index (κ1) is 22.9. The Morgan fingerprint density at radius 1 is 1.27 bits per heavy atom. The van der Waals surface area contributed by atoms with Crippen LogP contribution >= 0.6 is 17.8 Å². The lowest BCUT2D eigenvalue weighted by Gasteiger charge is -2.26. The fourth-order valence-corrected chi connectivity index (χ4v) is 5.18. The number of cyclic esters (lactones) is 1. The van der Waals surface area contributed by atoms with E-state index in [2.05, 4.69) is 4.98 Å². The Hall–Kier alpha value is -1.74. The smallest absolute Gasteiger partial charge is 0.412 e. The van der Waals surface area contributed by atoms with Gasteiger partial charge in [-0.15, -0.1) is 11.3 Å². The van der Waals surface area contributed by atoms with E-state index in [4.69, 9.17) is 25.6 Å². The number of halogens is 3. The molecular formula is C19H19F3NO4PS2. The predicted molar refractivity (Wildman–Crippen MR) is 113 cm³/mol.